The molecule has 5 heteroatoms. The number of hydrogen-bond donors (Lipinski definition) is 2. The molecule has 0 saturated heterocycles. The Bertz CT molecular complexity index is 595. The van der Waals surface area contributed by atoms with Crippen LogP contribution in [-0.2, 0) is 6.54 Å². The lowest BCUT2D eigenvalue weighted by Gasteiger charge is -2.30. The number of aromatic nitrogens is 1. The average Bonchev–Trinajstić information content (AvgIpc) is 2.92. The molecule has 1 aromatic heterocycles. The standard InChI is InChI=1S/C16H19F3N2/c17-16(18,19)13-2-4-14(5-3-13)21-10-11-1-6-15-12(9-11)7-8-20-15/h1,6-9,13-14,20-21H,2-5,10H2. The Morgan fingerprint density at radius 3 is 2.57 bits per heavy atom. The Kier molecular flexibility index (Phi) is 3.93. The molecule has 0 aliphatic heterocycles. The van der Waals surface area contributed by atoms with Crippen molar-refractivity contribution >= 4 is 10.9 Å². The van der Waals surface area contributed by atoms with Crippen LogP contribution in [-0.4, -0.2) is 17.2 Å². The number of alkyl halides is 3. The molecule has 2 N–H and O–H groups in total. The lowest BCUT2D eigenvalue weighted by Crippen LogP contribution is -2.36. The zero-order valence-electron chi connectivity index (χ0n) is 11.7. The van der Waals surface area contributed by atoms with Gasteiger partial charge in [0.15, 0.2) is 0 Å². The number of nitrogens with one attached hydrogen (secondary N) is 2. The van der Waals surface area contributed by atoms with Gasteiger partial charge in [-0.3, -0.25) is 0 Å². The van der Waals surface area contributed by atoms with Gasteiger partial charge in [-0.25, -0.2) is 0 Å². The van der Waals surface area contributed by atoms with E-state index in [1.807, 2.05) is 24.4 Å². The maximum atomic E-state index is 12.6. The van der Waals surface area contributed by atoms with Crippen molar-refractivity contribution < 1.29 is 13.2 Å². The maximum absolute atomic E-state index is 12.6. The van der Waals surface area contributed by atoms with Gasteiger partial charge in [0, 0.05) is 24.3 Å². The highest BCUT2D eigenvalue weighted by atomic mass is 19.4. The molecule has 0 bridgehead atoms. The molecular weight excluding hydrogens is 277 g/mol. The van der Waals surface area contributed by atoms with Crippen LogP contribution in [0.15, 0.2) is 30.5 Å². The fourth-order valence-electron chi connectivity index (χ4n) is 3.10. The van der Waals surface area contributed by atoms with E-state index in [1.54, 1.807) is 0 Å². The maximum Gasteiger partial charge on any atom is 0.391 e. The second-order valence-electron chi connectivity index (χ2n) is 5.87. The largest absolute Gasteiger partial charge is 0.391 e. The zero-order valence-corrected chi connectivity index (χ0v) is 11.7. The number of rotatable bonds is 3. The number of aromatic amines is 1. The van der Waals surface area contributed by atoms with Crippen molar-refractivity contribution in [1.29, 1.82) is 0 Å². The lowest BCUT2D eigenvalue weighted by molar-refractivity contribution is -0.182. The van der Waals surface area contributed by atoms with Gasteiger partial charge in [0.2, 0.25) is 0 Å². The molecule has 1 saturated carbocycles. The molecule has 21 heavy (non-hydrogen) atoms. The number of halogens is 3. The smallest absolute Gasteiger partial charge is 0.361 e. The number of H-pyrrole nitrogens is 1. The molecule has 1 aliphatic carbocycles. The summed E-state index contributed by atoms with van der Waals surface area (Å²) in [6, 6.07) is 8.42. The third kappa shape index (κ3) is 3.40. The molecule has 2 nitrogen and oxygen atoms in total. The van der Waals surface area contributed by atoms with Crippen molar-refractivity contribution in [2.45, 2.75) is 44.4 Å². The molecule has 1 aromatic carbocycles. The normalized spacial score (nSPS) is 23.6. The van der Waals surface area contributed by atoms with Crippen LogP contribution in [0.1, 0.15) is 31.2 Å². The Balaban J connectivity index is 1.52. The van der Waals surface area contributed by atoms with Gasteiger partial charge in [0.1, 0.15) is 0 Å². The van der Waals surface area contributed by atoms with E-state index in [9.17, 15) is 13.2 Å². The molecule has 0 unspecified atom stereocenters. The van der Waals surface area contributed by atoms with Crippen LogP contribution in [0.3, 0.4) is 0 Å². The first kappa shape index (κ1) is 14.4. The van der Waals surface area contributed by atoms with Crippen LogP contribution < -0.4 is 5.32 Å². The highest BCUT2D eigenvalue weighted by Gasteiger charge is 2.41. The number of benzene rings is 1. The van der Waals surface area contributed by atoms with Gasteiger partial charge >= 0.3 is 6.18 Å². The third-order valence-electron chi connectivity index (χ3n) is 4.40. The van der Waals surface area contributed by atoms with Gasteiger partial charge in [-0.15, -0.1) is 0 Å². The van der Waals surface area contributed by atoms with Crippen LogP contribution in [0.4, 0.5) is 13.2 Å². The zero-order chi connectivity index (χ0) is 14.9. The van der Waals surface area contributed by atoms with Crippen LogP contribution in [0, 0.1) is 5.92 Å². The van der Waals surface area contributed by atoms with E-state index in [-0.39, 0.29) is 18.9 Å². The molecule has 0 spiro atoms. The summed E-state index contributed by atoms with van der Waals surface area (Å²) in [6.07, 6.45) is -0.409. The van der Waals surface area contributed by atoms with Crippen molar-refractivity contribution in [2.75, 3.05) is 0 Å². The highest BCUT2D eigenvalue weighted by Crippen LogP contribution is 2.37. The minimum atomic E-state index is -4.02. The van der Waals surface area contributed by atoms with Gasteiger partial charge in [0.25, 0.3) is 0 Å². The lowest BCUT2D eigenvalue weighted by atomic mass is 9.85. The molecule has 1 aliphatic rings. The second-order valence-corrected chi connectivity index (χ2v) is 5.87. The van der Waals surface area contributed by atoms with E-state index in [4.69, 9.17) is 0 Å². The third-order valence-corrected chi connectivity index (χ3v) is 4.40. The number of fused-ring (bicyclic) bond motifs is 1. The Hall–Kier alpha value is -1.49. The summed E-state index contributed by atoms with van der Waals surface area (Å²) in [5.74, 6) is -1.10. The fraction of sp³-hybridized carbons (Fsp3) is 0.500. The Morgan fingerprint density at radius 1 is 1.10 bits per heavy atom. The highest BCUT2D eigenvalue weighted by molar-refractivity contribution is 5.79. The van der Waals surface area contributed by atoms with E-state index >= 15 is 0 Å². The van der Waals surface area contributed by atoms with Gasteiger partial charge in [0.05, 0.1) is 5.92 Å². The average molecular weight is 296 g/mol. The van der Waals surface area contributed by atoms with Crippen LogP contribution in [0.25, 0.3) is 10.9 Å². The fourth-order valence-corrected chi connectivity index (χ4v) is 3.10. The SMILES string of the molecule is FC(F)(F)C1CCC(NCc2ccc3[nH]ccc3c2)CC1. The summed E-state index contributed by atoms with van der Waals surface area (Å²) in [4.78, 5) is 3.14. The van der Waals surface area contributed by atoms with Gasteiger partial charge < -0.3 is 10.3 Å². The van der Waals surface area contributed by atoms with Gasteiger partial charge in [-0.05, 0) is 54.8 Å². The Labute approximate surface area is 121 Å². The van der Waals surface area contributed by atoms with E-state index in [0.717, 1.165) is 10.9 Å². The summed E-state index contributed by atoms with van der Waals surface area (Å²) < 4.78 is 37.8. The van der Waals surface area contributed by atoms with Crippen molar-refractivity contribution in [2.24, 2.45) is 5.92 Å². The van der Waals surface area contributed by atoms with E-state index < -0.39 is 12.1 Å². The molecule has 1 fully saturated rings. The topological polar surface area (TPSA) is 27.8 Å². The molecule has 2 aromatic rings. The summed E-state index contributed by atoms with van der Waals surface area (Å²) in [5.41, 5.74) is 2.27. The Morgan fingerprint density at radius 2 is 1.86 bits per heavy atom. The van der Waals surface area contributed by atoms with Gasteiger partial charge in [-0.2, -0.15) is 13.2 Å². The number of hydrogen-bond acceptors (Lipinski definition) is 1. The van der Waals surface area contributed by atoms with Crippen molar-refractivity contribution in [3.63, 3.8) is 0 Å². The monoisotopic (exact) mass is 296 g/mol. The van der Waals surface area contributed by atoms with Crippen LogP contribution in [0.5, 0.6) is 0 Å². The van der Waals surface area contributed by atoms with Crippen molar-refractivity contribution in [3.8, 4) is 0 Å². The summed E-state index contributed by atoms with van der Waals surface area (Å²) in [6.45, 7) is 0.711. The predicted octanol–water partition coefficient (Wildman–Crippen LogP) is 4.38. The van der Waals surface area contributed by atoms with E-state index in [2.05, 4.69) is 16.4 Å². The first-order valence-electron chi connectivity index (χ1n) is 7.38. The molecule has 0 radical (unpaired) electrons. The summed E-state index contributed by atoms with van der Waals surface area (Å²) in [5, 5.41) is 4.55. The van der Waals surface area contributed by atoms with Gasteiger partial charge in [-0.1, -0.05) is 6.07 Å². The molecule has 1 heterocycles. The molecular formula is C16H19F3N2. The van der Waals surface area contributed by atoms with Crippen molar-refractivity contribution in [3.05, 3.63) is 36.0 Å². The van der Waals surface area contributed by atoms with Crippen LogP contribution in [0.2, 0.25) is 0 Å². The minimum absolute atomic E-state index is 0.200. The summed E-state index contributed by atoms with van der Waals surface area (Å²) in [7, 11) is 0. The van der Waals surface area contributed by atoms with E-state index in [1.165, 1.54) is 5.56 Å². The first-order valence-corrected chi connectivity index (χ1v) is 7.38. The minimum Gasteiger partial charge on any atom is -0.361 e. The second kappa shape index (κ2) is 5.72. The molecule has 0 amide bonds. The van der Waals surface area contributed by atoms with Crippen LogP contribution >= 0.6 is 0 Å². The van der Waals surface area contributed by atoms with Crippen molar-refractivity contribution in [1.82, 2.24) is 10.3 Å². The molecule has 114 valence electrons. The first-order chi connectivity index (χ1) is 10.0. The van der Waals surface area contributed by atoms with E-state index in [0.29, 0.717) is 19.4 Å². The quantitative estimate of drug-likeness (QED) is 0.864. The predicted molar refractivity (Wildman–Crippen MR) is 76.9 cm³/mol. The molecule has 3 rings (SSSR count). The summed E-state index contributed by atoms with van der Waals surface area (Å²) >= 11 is 0. The molecule has 0 atom stereocenters.